The molecule has 96 valence electrons. The molecule has 0 amide bonds. The summed E-state index contributed by atoms with van der Waals surface area (Å²) in [5, 5.41) is 0. The van der Waals surface area contributed by atoms with Gasteiger partial charge in [-0.05, 0) is 42.3 Å². The highest BCUT2D eigenvalue weighted by atomic mass is 16.5. The third-order valence-corrected chi connectivity index (χ3v) is 3.34. The molecular weight excluding hydrogens is 234 g/mol. The van der Waals surface area contributed by atoms with Crippen LogP contribution in [-0.4, -0.2) is 6.54 Å². The minimum absolute atomic E-state index is 0.00839. The Morgan fingerprint density at radius 1 is 1.05 bits per heavy atom. The van der Waals surface area contributed by atoms with E-state index in [2.05, 4.69) is 36.4 Å². The van der Waals surface area contributed by atoms with Gasteiger partial charge in [0, 0.05) is 5.56 Å². The van der Waals surface area contributed by atoms with Gasteiger partial charge in [-0.1, -0.05) is 42.5 Å². The first-order valence-corrected chi connectivity index (χ1v) is 6.59. The van der Waals surface area contributed by atoms with E-state index >= 15 is 0 Å². The van der Waals surface area contributed by atoms with Crippen molar-refractivity contribution < 1.29 is 4.74 Å². The molecule has 0 aliphatic carbocycles. The van der Waals surface area contributed by atoms with Crippen LogP contribution in [0, 0.1) is 0 Å². The lowest BCUT2D eigenvalue weighted by atomic mass is 10.0. The summed E-state index contributed by atoms with van der Waals surface area (Å²) in [7, 11) is 0. The van der Waals surface area contributed by atoms with Crippen molar-refractivity contribution in [2.45, 2.75) is 12.5 Å². The standard InChI is InChI=1S/C17H17NO/c18-11-10-13-6-8-17-15(12-13)7-9-16(19-17)14-4-2-1-3-5-14/h1-9,12,16H,10-11,18H2. The van der Waals surface area contributed by atoms with Gasteiger partial charge in [0.05, 0.1) is 0 Å². The lowest BCUT2D eigenvalue weighted by molar-refractivity contribution is 0.251. The van der Waals surface area contributed by atoms with Gasteiger partial charge in [-0.25, -0.2) is 0 Å². The van der Waals surface area contributed by atoms with Crippen molar-refractivity contribution in [3.8, 4) is 5.75 Å². The molecule has 0 fully saturated rings. The third-order valence-electron chi connectivity index (χ3n) is 3.34. The van der Waals surface area contributed by atoms with Gasteiger partial charge in [0.25, 0.3) is 0 Å². The van der Waals surface area contributed by atoms with E-state index in [1.165, 1.54) is 11.1 Å². The molecule has 0 saturated heterocycles. The van der Waals surface area contributed by atoms with Crippen molar-refractivity contribution in [2.75, 3.05) is 6.54 Å². The zero-order valence-corrected chi connectivity index (χ0v) is 10.8. The first-order chi connectivity index (χ1) is 9.36. The maximum atomic E-state index is 6.03. The van der Waals surface area contributed by atoms with Crippen LogP contribution in [0.3, 0.4) is 0 Å². The second kappa shape index (κ2) is 5.29. The molecule has 2 N–H and O–H groups in total. The monoisotopic (exact) mass is 251 g/mol. The number of benzene rings is 2. The molecule has 2 heteroatoms. The van der Waals surface area contributed by atoms with Crippen molar-refractivity contribution in [3.63, 3.8) is 0 Å². The highest BCUT2D eigenvalue weighted by molar-refractivity contribution is 5.61. The Balaban J connectivity index is 1.86. The van der Waals surface area contributed by atoms with E-state index < -0.39 is 0 Å². The van der Waals surface area contributed by atoms with E-state index in [9.17, 15) is 0 Å². The summed E-state index contributed by atoms with van der Waals surface area (Å²) in [5.41, 5.74) is 9.16. The lowest BCUT2D eigenvalue weighted by Gasteiger charge is -2.22. The van der Waals surface area contributed by atoms with Crippen LogP contribution in [0.25, 0.3) is 6.08 Å². The Bertz CT molecular complexity index is 589. The normalized spacial score (nSPS) is 16.8. The molecule has 0 saturated carbocycles. The minimum Gasteiger partial charge on any atom is -0.481 e. The maximum absolute atomic E-state index is 6.03. The van der Waals surface area contributed by atoms with Gasteiger partial charge < -0.3 is 10.5 Å². The van der Waals surface area contributed by atoms with Gasteiger partial charge in [0.15, 0.2) is 0 Å². The summed E-state index contributed by atoms with van der Waals surface area (Å²) in [5.74, 6) is 0.942. The molecule has 1 aliphatic rings. The molecule has 1 aliphatic heterocycles. The summed E-state index contributed by atoms with van der Waals surface area (Å²) in [6.45, 7) is 0.677. The predicted molar refractivity (Wildman–Crippen MR) is 78.0 cm³/mol. The van der Waals surface area contributed by atoms with Crippen LogP contribution in [0.5, 0.6) is 5.75 Å². The summed E-state index contributed by atoms with van der Waals surface area (Å²) in [6, 6.07) is 16.5. The Morgan fingerprint density at radius 2 is 1.89 bits per heavy atom. The third kappa shape index (κ3) is 2.54. The molecule has 0 bridgehead atoms. The van der Waals surface area contributed by atoms with Crippen LogP contribution >= 0.6 is 0 Å². The molecule has 1 unspecified atom stereocenters. The number of ether oxygens (including phenoxy) is 1. The Kier molecular flexibility index (Phi) is 3.34. The molecule has 0 aromatic heterocycles. The molecule has 2 aromatic carbocycles. The Hall–Kier alpha value is -2.06. The number of hydrogen-bond acceptors (Lipinski definition) is 2. The minimum atomic E-state index is 0.00839. The van der Waals surface area contributed by atoms with Crippen molar-refractivity contribution >= 4 is 6.08 Å². The van der Waals surface area contributed by atoms with E-state index in [0.717, 1.165) is 17.7 Å². The van der Waals surface area contributed by atoms with E-state index in [4.69, 9.17) is 10.5 Å². The number of fused-ring (bicyclic) bond motifs is 1. The fraction of sp³-hybridized carbons (Fsp3) is 0.176. The van der Waals surface area contributed by atoms with Crippen molar-refractivity contribution in [1.29, 1.82) is 0 Å². The zero-order valence-electron chi connectivity index (χ0n) is 10.8. The highest BCUT2D eigenvalue weighted by Gasteiger charge is 2.16. The van der Waals surface area contributed by atoms with Gasteiger partial charge in [-0.3, -0.25) is 0 Å². The molecule has 2 nitrogen and oxygen atoms in total. The Morgan fingerprint density at radius 3 is 2.68 bits per heavy atom. The van der Waals surface area contributed by atoms with E-state index in [0.29, 0.717) is 6.54 Å². The lowest BCUT2D eigenvalue weighted by Crippen LogP contribution is -2.09. The molecule has 0 spiro atoms. The highest BCUT2D eigenvalue weighted by Crippen LogP contribution is 2.33. The quantitative estimate of drug-likeness (QED) is 0.908. The van der Waals surface area contributed by atoms with Crippen molar-refractivity contribution in [1.82, 2.24) is 0 Å². The predicted octanol–water partition coefficient (Wildman–Crippen LogP) is 3.33. The van der Waals surface area contributed by atoms with Crippen LogP contribution in [0.2, 0.25) is 0 Å². The fourth-order valence-electron chi connectivity index (χ4n) is 2.35. The Labute approximate surface area is 113 Å². The second-order valence-electron chi connectivity index (χ2n) is 4.72. The summed E-state index contributed by atoms with van der Waals surface area (Å²) in [6.07, 6.45) is 5.15. The smallest absolute Gasteiger partial charge is 0.142 e. The van der Waals surface area contributed by atoms with E-state index in [1.807, 2.05) is 24.3 Å². The van der Waals surface area contributed by atoms with Gasteiger partial charge in [0.1, 0.15) is 11.9 Å². The van der Waals surface area contributed by atoms with E-state index in [1.54, 1.807) is 0 Å². The first kappa shape index (κ1) is 12.0. The zero-order chi connectivity index (χ0) is 13.1. The summed E-state index contributed by atoms with van der Waals surface area (Å²) < 4.78 is 6.03. The SMILES string of the molecule is NCCc1ccc2c(c1)C=CC(c1ccccc1)O2. The van der Waals surface area contributed by atoms with Gasteiger partial charge in [0.2, 0.25) is 0 Å². The van der Waals surface area contributed by atoms with Crippen LogP contribution in [0.15, 0.2) is 54.6 Å². The van der Waals surface area contributed by atoms with Crippen molar-refractivity contribution in [3.05, 3.63) is 71.3 Å². The number of rotatable bonds is 3. The number of nitrogens with two attached hydrogens (primary N) is 1. The number of hydrogen-bond donors (Lipinski definition) is 1. The van der Waals surface area contributed by atoms with E-state index in [-0.39, 0.29) is 6.10 Å². The molecular formula is C17H17NO. The molecule has 19 heavy (non-hydrogen) atoms. The largest absolute Gasteiger partial charge is 0.481 e. The second-order valence-corrected chi connectivity index (χ2v) is 4.72. The first-order valence-electron chi connectivity index (χ1n) is 6.59. The molecule has 1 heterocycles. The van der Waals surface area contributed by atoms with Crippen LogP contribution < -0.4 is 10.5 Å². The van der Waals surface area contributed by atoms with Gasteiger partial charge in [-0.2, -0.15) is 0 Å². The summed E-state index contributed by atoms with van der Waals surface area (Å²) >= 11 is 0. The molecule has 3 rings (SSSR count). The average Bonchev–Trinajstić information content (AvgIpc) is 2.48. The van der Waals surface area contributed by atoms with Crippen molar-refractivity contribution in [2.24, 2.45) is 5.73 Å². The van der Waals surface area contributed by atoms with Gasteiger partial charge in [-0.15, -0.1) is 0 Å². The average molecular weight is 251 g/mol. The molecule has 2 aromatic rings. The molecule has 0 radical (unpaired) electrons. The maximum Gasteiger partial charge on any atom is 0.142 e. The fourth-order valence-corrected chi connectivity index (χ4v) is 2.35. The molecule has 1 atom stereocenters. The summed E-state index contributed by atoms with van der Waals surface area (Å²) in [4.78, 5) is 0. The topological polar surface area (TPSA) is 35.2 Å². The van der Waals surface area contributed by atoms with Crippen LogP contribution in [-0.2, 0) is 6.42 Å². The van der Waals surface area contributed by atoms with Crippen LogP contribution in [0.1, 0.15) is 22.8 Å². The van der Waals surface area contributed by atoms with Crippen LogP contribution in [0.4, 0.5) is 0 Å². The van der Waals surface area contributed by atoms with Gasteiger partial charge >= 0.3 is 0 Å².